The maximum Gasteiger partial charge on any atom is 0.237 e. The van der Waals surface area contributed by atoms with Crippen LogP contribution in [0.1, 0.15) is 20.3 Å². The lowest BCUT2D eigenvalue weighted by atomic mass is 10.0. The van der Waals surface area contributed by atoms with Crippen molar-refractivity contribution in [2.24, 2.45) is 11.7 Å². The van der Waals surface area contributed by atoms with Gasteiger partial charge in [-0.1, -0.05) is 13.8 Å². The van der Waals surface area contributed by atoms with E-state index in [2.05, 4.69) is 5.32 Å². The van der Waals surface area contributed by atoms with E-state index in [4.69, 9.17) is 5.73 Å². The van der Waals surface area contributed by atoms with Crippen molar-refractivity contribution in [2.45, 2.75) is 32.4 Å². The normalized spacial score (nSPS) is 23.4. The average molecular weight is 213 g/mol. The zero-order chi connectivity index (χ0) is 11.6. The maximum atomic E-state index is 11.6. The number of amides is 2. The predicted octanol–water partition coefficient (Wildman–Crippen LogP) is -0.683. The number of nitrogens with two attached hydrogens (primary N) is 1. The predicted molar refractivity (Wildman–Crippen MR) is 57.0 cm³/mol. The number of likely N-dealkylation sites (tertiary alicyclic amines) is 1. The van der Waals surface area contributed by atoms with Gasteiger partial charge in [-0.05, 0) is 5.92 Å². The standard InChI is InChI=1S/C10H19N3O2/c1-6(2)9(11)10(15)12-7-4-8(14)13(3)5-7/h6-7,9H,4-5,11H2,1-3H3,(H,12,15). The Bertz CT molecular complexity index is 265. The number of carbonyl (C=O) groups is 2. The molecule has 3 N–H and O–H groups in total. The lowest BCUT2D eigenvalue weighted by molar-refractivity contribution is -0.126. The van der Waals surface area contributed by atoms with E-state index in [0.29, 0.717) is 13.0 Å². The topological polar surface area (TPSA) is 75.4 Å². The Balaban J connectivity index is 2.43. The number of likely N-dealkylation sites (N-methyl/N-ethyl adjacent to an activating group) is 1. The summed E-state index contributed by atoms with van der Waals surface area (Å²) in [6.45, 7) is 4.38. The molecule has 0 aromatic carbocycles. The van der Waals surface area contributed by atoms with Crippen molar-refractivity contribution in [1.29, 1.82) is 0 Å². The van der Waals surface area contributed by atoms with Crippen LogP contribution in [0.2, 0.25) is 0 Å². The molecule has 2 atom stereocenters. The van der Waals surface area contributed by atoms with Crippen LogP contribution in [-0.2, 0) is 9.59 Å². The second-order valence-corrected chi connectivity index (χ2v) is 4.45. The minimum absolute atomic E-state index is 0.0680. The van der Waals surface area contributed by atoms with Gasteiger partial charge >= 0.3 is 0 Å². The van der Waals surface area contributed by atoms with Gasteiger partial charge in [0.1, 0.15) is 0 Å². The summed E-state index contributed by atoms with van der Waals surface area (Å²) in [5.41, 5.74) is 5.70. The highest BCUT2D eigenvalue weighted by Crippen LogP contribution is 2.09. The van der Waals surface area contributed by atoms with Crippen LogP contribution in [0, 0.1) is 5.92 Å². The Morgan fingerprint density at radius 1 is 1.60 bits per heavy atom. The number of hydrogen-bond acceptors (Lipinski definition) is 3. The third kappa shape index (κ3) is 2.92. The molecule has 15 heavy (non-hydrogen) atoms. The summed E-state index contributed by atoms with van der Waals surface area (Å²) in [6.07, 6.45) is 0.382. The molecular weight excluding hydrogens is 194 g/mol. The van der Waals surface area contributed by atoms with Crippen LogP contribution in [0.5, 0.6) is 0 Å². The van der Waals surface area contributed by atoms with E-state index in [9.17, 15) is 9.59 Å². The summed E-state index contributed by atoms with van der Waals surface area (Å²) in [5, 5.41) is 2.79. The van der Waals surface area contributed by atoms with Crippen molar-refractivity contribution >= 4 is 11.8 Å². The van der Waals surface area contributed by atoms with Crippen LogP contribution >= 0.6 is 0 Å². The molecule has 0 bridgehead atoms. The van der Waals surface area contributed by atoms with Crippen molar-refractivity contribution in [2.75, 3.05) is 13.6 Å². The summed E-state index contributed by atoms with van der Waals surface area (Å²) in [7, 11) is 1.73. The van der Waals surface area contributed by atoms with Crippen molar-refractivity contribution in [1.82, 2.24) is 10.2 Å². The lowest BCUT2D eigenvalue weighted by Gasteiger charge is -2.18. The second-order valence-electron chi connectivity index (χ2n) is 4.45. The van der Waals surface area contributed by atoms with Gasteiger partial charge in [-0.2, -0.15) is 0 Å². The fourth-order valence-electron chi connectivity index (χ4n) is 1.56. The van der Waals surface area contributed by atoms with Crippen LogP contribution in [0.3, 0.4) is 0 Å². The molecule has 5 heteroatoms. The van der Waals surface area contributed by atoms with E-state index < -0.39 is 6.04 Å². The molecule has 2 unspecified atom stereocenters. The highest BCUT2D eigenvalue weighted by Gasteiger charge is 2.29. The first-order chi connectivity index (χ1) is 6.91. The van der Waals surface area contributed by atoms with E-state index in [-0.39, 0.29) is 23.8 Å². The molecule has 1 fully saturated rings. The van der Waals surface area contributed by atoms with Crippen LogP contribution in [-0.4, -0.2) is 42.4 Å². The number of hydrogen-bond donors (Lipinski definition) is 2. The number of rotatable bonds is 3. The highest BCUT2D eigenvalue weighted by molar-refractivity contribution is 5.84. The summed E-state index contributed by atoms with van der Waals surface area (Å²) in [6, 6.07) is -0.578. The Morgan fingerprint density at radius 3 is 2.60 bits per heavy atom. The molecule has 1 saturated heterocycles. The zero-order valence-corrected chi connectivity index (χ0v) is 9.49. The van der Waals surface area contributed by atoms with Gasteiger partial charge in [0.15, 0.2) is 0 Å². The van der Waals surface area contributed by atoms with Crippen molar-refractivity contribution < 1.29 is 9.59 Å². The smallest absolute Gasteiger partial charge is 0.237 e. The molecule has 0 aromatic heterocycles. The van der Waals surface area contributed by atoms with Gasteiger partial charge in [-0.15, -0.1) is 0 Å². The Kier molecular flexibility index (Phi) is 3.68. The third-order valence-electron chi connectivity index (χ3n) is 2.71. The first-order valence-corrected chi connectivity index (χ1v) is 5.21. The molecule has 86 valence electrons. The van der Waals surface area contributed by atoms with E-state index in [0.717, 1.165) is 0 Å². The van der Waals surface area contributed by atoms with Crippen LogP contribution in [0.25, 0.3) is 0 Å². The van der Waals surface area contributed by atoms with Crippen molar-refractivity contribution in [3.05, 3.63) is 0 Å². The average Bonchev–Trinajstić information content (AvgIpc) is 2.44. The van der Waals surface area contributed by atoms with Crippen molar-refractivity contribution in [3.8, 4) is 0 Å². The molecule has 0 radical (unpaired) electrons. The molecule has 1 rings (SSSR count). The van der Waals surface area contributed by atoms with Gasteiger partial charge in [0, 0.05) is 20.0 Å². The molecule has 2 amide bonds. The van der Waals surface area contributed by atoms with E-state index >= 15 is 0 Å². The number of nitrogens with one attached hydrogen (secondary N) is 1. The molecule has 0 spiro atoms. The van der Waals surface area contributed by atoms with Crippen LogP contribution in [0.4, 0.5) is 0 Å². The van der Waals surface area contributed by atoms with Crippen LogP contribution in [0.15, 0.2) is 0 Å². The fraction of sp³-hybridized carbons (Fsp3) is 0.800. The summed E-state index contributed by atoms with van der Waals surface area (Å²) >= 11 is 0. The monoisotopic (exact) mass is 213 g/mol. The molecule has 0 aromatic rings. The maximum absolute atomic E-state index is 11.6. The molecule has 5 nitrogen and oxygen atoms in total. The molecule has 0 aliphatic carbocycles. The summed E-state index contributed by atoms with van der Waals surface area (Å²) in [5.74, 6) is 0.0105. The van der Waals surface area contributed by atoms with Gasteiger partial charge in [-0.3, -0.25) is 9.59 Å². The van der Waals surface area contributed by atoms with E-state index in [1.54, 1.807) is 11.9 Å². The van der Waals surface area contributed by atoms with Crippen molar-refractivity contribution in [3.63, 3.8) is 0 Å². The molecule has 1 aliphatic rings. The highest BCUT2D eigenvalue weighted by atomic mass is 16.2. The summed E-state index contributed by atoms with van der Waals surface area (Å²) < 4.78 is 0. The Labute approximate surface area is 90.0 Å². The lowest BCUT2D eigenvalue weighted by Crippen LogP contribution is -2.48. The molecular formula is C10H19N3O2. The first kappa shape index (κ1) is 12.0. The Hall–Kier alpha value is -1.10. The molecule has 1 aliphatic heterocycles. The number of carbonyl (C=O) groups excluding carboxylic acids is 2. The van der Waals surface area contributed by atoms with E-state index in [1.807, 2.05) is 13.8 Å². The van der Waals surface area contributed by atoms with Gasteiger partial charge in [0.25, 0.3) is 0 Å². The third-order valence-corrected chi connectivity index (χ3v) is 2.71. The minimum atomic E-state index is -0.494. The quantitative estimate of drug-likeness (QED) is 0.652. The fourth-order valence-corrected chi connectivity index (χ4v) is 1.56. The second kappa shape index (κ2) is 4.61. The minimum Gasteiger partial charge on any atom is -0.350 e. The van der Waals surface area contributed by atoms with Crippen LogP contribution < -0.4 is 11.1 Å². The zero-order valence-electron chi connectivity index (χ0n) is 9.49. The van der Waals surface area contributed by atoms with Gasteiger partial charge in [0.05, 0.1) is 12.1 Å². The molecule has 1 heterocycles. The first-order valence-electron chi connectivity index (χ1n) is 5.21. The van der Waals surface area contributed by atoms with Gasteiger partial charge in [-0.25, -0.2) is 0 Å². The SMILES string of the molecule is CC(C)C(N)C(=O)NC1CC(=O)N(C)C1. The summed E-state index contributed by atoms with van der Waals surface area (Å²) in [4.78, 5) is 24.4. The number of nitrogens with zero attached hydrogens (tertiary/aromatic N) is 1. The largest absolute Gasteiger partial charge is 0.350 e. The Morgan fingerprint density at radius 2 is 2.20 bits per heavy atom. The van der Waals surface area contributed by atoms with Gasteiger partial charge in [0.2, 0.25) is 11.8 Å². The molecule has 0 saturated carbocycles. The van der Waals surface area contributed by atoms with Gasteiger partial charge < -0.3 is 16.0 Å². The van der Waals surface area contributed by atoms with E-state index in [1.165, 1.54) is 0 Å².